The van der Waals surface area contributed by atoms with Gasteiger partial charge in [0.15, 0.2) is 0 Å². The Hall–Kier alpha value is -1.70. The largest absolute Gasteiger partial charge is 0.341 e. The fourth-order valence-corrected chi connectivity index (χ4v) is 4.39. The molecule has 1 aliphatic rings. The molecule has 2 heterocycles. The van der Waals surface area contributed by atoms with Crippen LogP contribution in [-0.4, -0.2) is 38.0 Å². The summed E-state index contributed by atoms with van der Waals surface area (Å²) in [7, 11) is -3.58. The van der Waals surface area contributed by atoms with Crippen molar-refractivity contribution in [3.8, 4) is 0 Å². The zero-order valence-electron chi connectivity index (χ0n) is 13.1. The second-order valence-corrected chi connectivity index (χ2v) is 7.90. The Morgan fingerprint density at radius 1 is 1.12 bits per heavy atom. The van der Waals surface area contributed by atoms with Gasteiger partial charge in [0.25, 0.3) is 0 Å². The van der Waals surface area contributed by atoms with Crippen molar-refractivity contribution in [3.05, 3.63) is 47.7 Å². The molecule has 0 spiro atoms. The summed E-state index contributed by atoms with van der Waals surface area (Å²) in [5.74, 6) is 1.02. The Kier molecular flexibility index (Phi) is 5.33. The number of nitrogens with one attached hydrogen (secondary N) is 1. The monoisotopic (exact) mass is 366 g/mol. The molecule has 0 saturated carbocycles. The maximum absolute atomic E-state index is 12.4. The van der Waals surface area contributed by atoms with Gasteiger partial charge in [0.2, 0.25) is 16.0 Å². The molecule has 0 bridgehead atoms. The van der Waals surface area contributed by atoms with E-state index in [-0.39, 0.29) is 9.92 Å². The third-order valence-corrected chi connectivity index (χ3v) is 6.06. The van der Waals surface area contributed by atoms with E-state index in [1.165, 1.54) is 6.07 Å². The van der Waals surface area contributed by atoms with Gasteiger partial charge < -0.3 is 4.90 Å². The van der Waals surface area contributed by atoms with Gasteiger partial charge >= 0.3 is 0 Å². The van der Waals surface area contributed by atoms with Crippen LogP contribution in [0.3, 0.4) is 0 Å². The summed E-state index contributed by atoms with van der Waals surface area (Å²) in [5, 5.41) is 0.237. The lowest BCUT2D eigenvalue weighted by molar-refractivity contribution is 0.399. The first kappa shape index (κ1) is 17.1. The molecular formula is C16H19ClN4O2S. The van der Waals surface area contributed by atoms with Crippen molar-refractivity contribution in [3.63, 3.8) is 0 Å². The third kappa shape index (κ3) is 4.03. The molecule has 0 radical (unpaired) electrons. The fourth-order valence-electron chi connectivity index (χ4n) is 2.76. The Morgan fingerprint density at radius 2 is 1.79 bits per heavy atom. The molecule has 0 amide bonds. The van der Waals surface area contributed by atoms with Crippen LogP contribution in [0, 0.1) is 5.92 Å². The van der Waals surface area contributed by atoms with E-state index in [2.05, 4.69) is 19.6 Å². The summed E-state index contributed by atoms with van der Waals surface area (Å²) in [6.45, 7) is 2.06. The highest BCUT2D eigenvalue weighted by atomic mass is 35.5. The van der Waals surface area contributed by atoms with Crippen molar-refractivity contribution in [1.82, 2.24) is 14.7 Å². The summed E-state index contributed by atoms with van der Waals surface area (Å²) in [6.07, 6.45) is 5.24. The normalized spacial score (nSPS) is 16.3. The highest BCUT2D eigenvalue weighted by Crippen LogP contribution is 2.22. The number of anilines is 1. The minimum atomic E-state index is -3.58. The number of benzene rings is 1. The van der Waals surface area contributed by atoms with Crippen molar-refractivity contribution in [1.29, 1.82) is 0 Å². The van der Waals surface area contributed by atoms with E-state index in [1.807, 2.05) is 0 Å². The van der Waals surface area contributed by atoms with Crippen LogP contribution in [0.5, 0.6) is 0 Å². The van der Waals surface area contributed by atoms with Crippen molar-refractivity contribution >= 4 is 27.6 Å². The third-order valence-electron chi connectivity index (χ3n) is 4.14. The number of sulfonamides is 1. The molecule has 1 fully saturated rings. The molecule has 6 nitrogen and oxygen atoms in total. The Morgan fingerprint density at radius 3 is 2.46 bits per heavy atom. The molecule has 1 aromatic carbocycles. The summed E-state index contributed by atoms with van der Waals surface area (Å²) < 4.78 is 27.4. The van der Waals surface area contributed by atoms with Gasteiger partial charge in [0.1, 0.15) is 4.90 Å². The predicted molar refractivity (Wildman–Crippen MR) is 93.6 cm³/mol. The van der Waals surface area contributed by atoms with Crippen molar-refractivity contribution < 1.29 is 8.42 Å². The lowest BCUT2D eigenvalue weighted by atomic mass is 9.97. The van der Waals surface area contributed by atoms with Crippen molar-refractivity contribution in [2.75, 3.05) is 24.5 Å². The summed E-state index contributed by atoms with van der Waals surface area (Å²) >= 11 is 5.98. The molecule has 1 aliphatic heterocycles. The van der Waals surface area contributed by atoms with Gasteiger partial charge in [0.05, 0.1) is 5.02 Å². The number of nitrogens with zero attached hydrogens (tertiary/aromatic N) is 3. The smallest absolute Gasteiger partial charge is 0.242 e. The summed E-state index contributed by atoms with van der Waals surface area (Å²) in [6, 6.07) is 8.26. The first-order valence-corrected chi connectivity index (χ1v) is 9.68. The molecule has 0 atom stereocenters. The van der Waals surface area contributed by atoms with Crippen LogP contribution in [0.15, 0.2) is 47.6 Å². The minimum Gasteiger partial charge on any atom is -0.341 e. The van der Waals surface area contributed by atoms with Gasteiger partial charge in [0, 0.05) is 32.0 Å². The quantitative estimate of drug-likeness (QED) is 0.878. The van der Waals surface area contributed by atoms with Gasteiger partial charge in [-0.05, 0) is 37.0 Å². The molecule has 24 heavy (non-hydrogen) atoms. The molecule has 0 unspecified atom stereocenters. The average Bonchev–Trinajstić information content (AvgIpc) is 2.61. The highest BCUT2D eigenvalue weighted by molar-refractivity contribution is 7.89. The fraction of sp³-hybridized carbons (Fsp3) is 0.375. The van der Waals surface area contributed by atoms with Gasteiger partial charge in [-0.25, -0.2) is 23.1 Å². The average molecular weight is 367 g/mol. The lowest BCUT2D eigenvalue weighted by Crippen LogP contribution is -2.39. The second-order valence-electron chi connectivity index (χ2n) is 5.76. The van der Waals surface area contributed by atoms with E-state index in [1.54, 1.807) is 36.7 Å². The van der Waals surface area contributed by atoms with Crippen LogP contribution in [-0.2, 0) is 10.0 Å². The van der Waals surface area contributed by atoms with Crippen molar-refractivity contribution in [2.45, 2.75) is 17.7 Å². The molecular weight excluding hydrogens is 348 g/mol. The standard InChI is InChI=1S/C16H19ClN4O2S/c17-14-4-1-2-5-15(14)24(22,23)20-12-13-6-10-21(11-7-13)16-18-8-3-9-19-16/h1-5,8-9,13,20H,6-7,10-12H2. The molecule has 1 aromatic heterocycles. The van der Waals surface area contributed by atoms with Crippen LogP contribution in [0.25, 0.3) is 0 Å². The van der Waals surface area contributed by atoms with E-state index in [4.69, 9.17) is 11.6 Å². The number of rotatable bonds is 5. The molecule has 128 valence electrons. The van der Waals surface area contributed by atoms with Crippen molar-refractivity contribution in [2.24, 2.45) is 5.92 Å². The topological polar surface area (TPSA) is 75.2 Å². The Labute approximate surface area is 146 Å². The van der Waals surface area contributed by atoms with E-state index in [0.717, 1.165) is 31.9 Å². The number of hydrogen-bond acceptors (Lipinski definition) is 5. The zero-order chi connectivity index (χ0) is 17.0. The Balaban J connectivity index is 1.54. The van der Waals surface area contributed by atoms with Crippen LogP contribution >= 0.6 is 11.6 Å². The van der Waals surface area contributed by atoms with Crippen LogP contribution < -0.4 is 9.62 Å². The lowest BCUT2D eigenvalue weighted by Gasteiger charge is -2.31. The zero-order valence-corrected chi connectivity index (χ0v) is 14.7. The summed E-state index contributed by atoms with van der Waals surface area (Å²) in [5.41, 5.74) is 0. The second kappa shape index (κ2) is 7.46. The number of halogens is 1. The molecule has 3 rings (SSSR count). The van der Waals surface area contributed by atoms with Crippen LogP contribution in [0.2, 0.25) is 5.02 Å². The number of hydrogen-bond donors (Lipinski definition) is 1. The van der Waals surface area contributed by atoms with E-state index >= 15 is 0 Å². The number of piperidine rings is 1. The van der Waals surface area contributed by atoms with Gasteiger partial charge in [-0.1, -0.05) is 23.7 Å². The molecule has 8 heteroatoms. The van der Waals surface area contributed by atoms with Crippen LogP contribution in [0.4, 0.5) is 5.95 Å². The molecule has 0 aliphatic carbocycles. The maximum Gasteiger partial charge on any atom is 0.242 e. The molecule has 1 N–H and O–H groups in total. The van der Waals surface area contributed by atoms with E-state index in [0.29, 0.717) is 12.5 Å². The first-order valence-electron chi connectivity index (χ1n) is 7.82. The van der Waals surface area contributed by atoms with E-state index in [9.17, 15) is 8.42 Å². The van der Waals surface area contributed by atoms with Gasteiger partial charge in [-0.3, -0.25) is 0 Å². The molecule has 2 aromatic rings. The first-order chi connectivity index (χ1) is 11.6. The van der Waals surface area contributed by atoms with Crippen LogP contribution in [0.1, 0.15) is 12.8 Å². The molecule has 1 saturated heterocycles. The summed E-state index contributed by atoms with van der Waals surface area (Å²) in [4.78, 5) is 10.8. The predicted octanol–water partition coefficient (Wildman–Crippen LogP) is 2.32. The maximum atomic E-state index is 12.4. The minimum absolute atomic E-state index is 0.127. The number of aromatic nitrogens is 2. The highest BCUT2D eigenvalue weighted by Gasteiger charge is 2.23. The van der Waals surface area contributed by atoms with Gasteiger partial charge in [-0.15, -0.1) is 0 Å². The van der Waals surface area contributed by atoms with E-state index < -0.39 is 10.0 Å². The SMILES string of the molecule is O=S(=O)(NCC1CCN(c2ncccn2)CC1)c1ccccc1Cl. The van der Waals surface area contributed by atoms with Gasteiger partial charge in [-0.2, -0.15) is 0 Å². The Bertz CT molecular complexity index is 778.